The largest absolute Gasteiger partial charge is 0.396 e. The van der Waals surface area contributed by atoms with Crippen LogP contribution in [0.15, 0.2) is 41.3 Å². The third-order valence-electron chi connectivity index (χ3n) is 2.08. The Bertz CT molecular complexity index is 606. The minimum Gasteiger partial charge on any atom is -0.396 e. The molecule has 17 heavy (non-hydrogen) atoms. The monoisotopic (exact) mass is 230 g/mol. The summed E-state index contributed by atoms with van der Waals surface area (Å²) in [6.07, 6.45) is 1.51. The maximum absolute atomic E-state index is 11.7. The molecular formula is C11H10N4O2. The van der Waals surface area contributed by atoms with Crippen LogP contribution in [0.3, 0.4) is 0 Å². The first-order chi connectivity index (χ1) is 8.16. The van der Waals surface area contributed by atoms with Crippen molar-refractivity contribution in [3.8, 4) is 0 Å². The number of amides is 1. The van der Waals surface area contributed by atoms with Crippen molar-refractivity contribution in [1.82, 2.24) is 9.97 Å². The maximum Gasteiger partial charge on any atom is 0.273 e. The summed E-state index contributed by atoms with van der Waals surface area (Å²) in [5.41, 5.74) is 5.80. The molecule has 2 rings (SSSR count). The summed E-state index contributed by atoms with van der Waals surface area (Å²) in [5, 5.41) is 2.51. The molecule has 0 aliphatic heterocycles. The van der Waals surface area contributed by atoms with Crippen LogP contribution in [-0.2, 0) is 0 Å². The van der Waals surface area contributed by atoms with Gasteiger partial charge in [-0.05, 0) is 18.2 Å². The van der Waals surface area contributed by atoms with Gasteiger partial charge in [-0.2, -0.15) is 0 Å². The Morgan fingerprint density at radius 3 is 2.82 bits per heavy atom. The number of aromatic nitrogens is 2. The highest BCUT2D eigenvalue weighted by Crippen LogP contribution is 2.13. The predicted octanol–water partition coefficient (Wildman–Crippen LogP) is 0.604. The lowest BCUT2D eigenvalue weighted by Gasteiger charge is -2.05. The number of nitrogens with two attached hydrogens (primary N) is 1. The molecule has 2 heterocycles. The number of aromatic amines is 1. The smallest absolute Gasteiger partial charge is 0.273 e. The summed E-state index contributed by atoms with van der Waals surface area (Å²) in [4.78, 5) is 29.1. The molecular weight excluding hydrogens is 220 g/mol. The number of hydrogen-bond acceptors (Lipinski definition) is 4. The van der Waals surface area contributed by atoms with Crippen LogP contribution in [-0.4, -0.2) is 15.9 Å². The zero-order valence-corrected chi connectivity index (χ0v) is 8.81. The average molecular weight is 230 g/mol. The first-order valence-corrected chi connectivity index (χ1v) is 4.88. The van der Waals surface area contributed by atoms with E-state index in [4.69, 9.17) is 5.73 Å². The number of carbonyl (C=O) groups excluding carboxylic acids is 1. The van der Waals surface area contributed by atoms with Gasteiger partial charge in [-0.15, -0.1) is 0 Å². The van der Waals surface area contributed by atoms with Gasteiger partial charge in [0.15, 0.2) is 5.82 Å². The average Bonchev–Trinajstić information content (AvgIpc) is 2.32. The molecule has 0 aliphatic rings. The zero-order valence-electron chi connectivity index (χ0n) is 8.81. The van der Waals surface area contributed by atoms with E-state index in [9.17, 15) is 9.59 Å². The van der Waals surface area contributed by atoms with E-state index in [0.29, 0.717) is 5.69 Å². The standard InChI is InChI=1S/C11H10N4O2/c12-7-3-2-6-13-10(7)15-11(17)8-4-1-5-9(16)14-8/h1-6H,12H2,(H,14,16)(H,13,15,17). The van der Waals surface area contributed by atoms with E-state index < -0.39 is 5.91 Å². The van der Waals surface area contributed by atoms with E-state index in [0.717, 1.165) is 0 Å². The Kier molecular flexibility index (Phi) is 2.87. The van der Waals surface area contributed by atoms with Gasteiger partial charge in [-0.3, -0.25) is 9.59 Å². The number of hydrogen-bond donors (Lipinski definition) is 3. The molecule has 0 unspecified atom stereocenters. The molecule has 0 atom stereocenters. The highest BCUT2D eigenvalue weighted by atomic mass is 16.2. The summed E-state index contributed by atoms with van der Waals surface area (Å²) in [6, 6.07) is 7.60. The number of nitrogens with zero attached hydrogens (tertiary/aromatic N) is 1. The topological polar surface area (TPSA) is 101 Å². The number of pyridine rings is 2. The molecule has 0 bridgehead atoms. The molecule has 0 aliphatic carbocycles. The van der Waals surface area contributed by atoms with Crippen molar-refractivity contribution in [3.63, 3.8) is 0 Å². The molecule has 2 aromatic heterocycles. The minimum absolute atomic E-state index is 0.155. The van der Waals surface area contributed by atoms with Crippen LogP contribution in [0.4, 0.5) is 11.5 Å². The number of rotatable bonds is 2. The Hall–Kier alpha value is -2.63. The van der Waals surface area contributed by atoms with Gasteiger partial charge >= 0.3 is 0 Å². The fraction of sp³-hybridized carbons (Fsp3) is 0. The van der Waals surface area contributed by atoms with Gasteiger partial charge < -0.3 is 16.0 Å². The number of nitrogens with one attached hydrogen (secondary N) is 2. The fourth-order valence-corrected chi connectivity index (χ4v) is 1.28. The summed E-state index contributed by atoms with van der Waals surface area (Å²) < 4.78 is 0. The lowest BCUT2D eigenvalue weighted by atomic mass is 10.3. The molecule has 2 aromatic rings. The number of H-pyrrole nitrogens is 1. The highest BCUT2D eigenvalue weighted by molar-refractivity contribution is 6.03. The lowest BCUT2D eigenvalue weighted by molar-refractivity contribution is 0.102. The van der Waals surface area contributed by atoms with Crippen molar-refractivity contribution >= 4 is 17.4 Å². The number of carbonyl (C=O) groups is 1. The summed E-state index contributed by atoms with van der Waals surface area (Å²) in [7, 11) is 0. The van der Waals surface area contributed by atoms with Gasteiger partial charge in [0.05, 0.1) is 5.69 Å². The Morgan fingerprint density at radius 1 is 1.29 bits per heavy atom. The molecule has 1 amide bonds. The molecule has 0 saturated heterocycles. The Balaban J connectivity index is 2.23. The molecule has 6 heteroatoms. The van der Waals surface area contributed by atoms with E-state index in [1.165, 1.54) is 24.4 Å². The first-order valence-electron chi connectivity index (χ1n) is 4.88. The van der Waals surface area contributed by atoms with Gasteiger partial charge in [-0.25, -0.2) is 4.98 Å². The zero-order chi connectivity index (χ0) is 12.3. The third kappa shape index (κ3) is 2.49. The summed E-state index contributed by atoms with van der Waals surface area (Å²) >= 11 is 0. The van der Waals surface area contributed by atoms with Crippen LogP contribution < -0.4 is 16.6 Å². The number of nitrogen functional groups attached to an aromatic ring is 1. The summed E-state index contributed by atoms with van der Waals surface area (Å²) in [5.74, 6) is -0.199. The van der Waals surface area contributed by atoms with Crippen LogP contribution in [0.2, 0.25) is 0 Å². The van der Waals surface area contributed by atoms with Gasteiger partial charge in [-0.1, -0.05) is 6.07 Å². The number of anilines is 2. The van der Waals surface area contributed by atoms with Crippen LogP contribution in [0.25, 0.3) is 0 Å². The normalized spacial score (nSPS) is 9.88. The van der Waals surface area contributed by atoms with E-state index in [1.807, 2.05) is 0 Å². The molecule has 0 spiro atoms. The predicted molar refractivity (Wildman–Crippen MR) is 63.7 cm³/mol. The van der Waals surface area contributed by atoms with Gasteiger partial charge in [0.25, 0.3) is 5.91 Å². The van der Waals surface area contributed by atoms with Crippen molar-refractivity contribution in [1.29, 1.82) is 0 Å². The second-order valence-corrected chi connectivity index (χ2v) is 3.32. The van der Waals surface area contributed by atoms with E-state index >= 15 is 0 Å². The van der Waals surface area contributed by atoms with Crippen molar-refractivity contribution < 1.29 is 4.79 Å². The van der Waals surface area contributed by atoms with Crippen LogP contribution in [0.1, 0.15) is 10.5 Å². The van der Waals surface area contributed by atoms with E-state index in [1.54, 1.807) is 12.1 Å². The molecule has 0 saturated carbocycles. The van der Waals surface area contributed by atoms with Crippen molar-refractivity contribution in [2.24, 2.45) is 0 Å². The Morgan fingerprint density at radius 2 is 2.12 bits per heavy atom. The van der Waals surface area contributed by atoms with Crippen molar-refractivity contribution in [3.05, 3.63) is 52.6 Å². The van der Waals surface area contributed by atoms with Crippen LogP contribution in [0.5, 0.6) is 0 Å². The molecule has 6 nitrogen and oxygen atoms in total. The SMILES string of the molecule is Nc1cccnc1NC(=O)c1cccc(=O)[nH]1. The Labute approximate surface area is 96.5 Å². The van der Waals surface area contributed by atoms with E-state index in [-0.39, 0.29) is 17.1 Å². The first kappa shape index (κ1) is 10.9. The fourth-order valence-electron chi connectivity index (χ4n) is 1.28. The van der Waals surface area contributed by atoms with Crippen LogP contribution in [0, 0.1) is 0 Å². The van der Waals surface area contributed by atoms with Gasteiger partial charge in [0, 0.05) is 12.3 Å². The minimum atomic E-state index is -0.465. The van der Waals surface area contributed by atoms with E-state index in [2.05, 4.69) is 15.3 Å². The van der Waals surface area contributed by atoms with Crippen molar-refractivity contribution in [2.45, 2.75) is 0 Å². The quantitative estimate of drug-likeness (QED) is 0.703. The molecule has 86 valence electrons. The van der Waals surface area contributed by atoms with Crippen molar-refractivity contribution in [2.75, 3.05) is 11.1 Å². The summed E-state index contributed by atoms with van der Waals surface area (Å²) in [6.45, 7) is 0. The highest BCUT2D eigenvalue weighted by Gasteiger charge is 2.08. The van der Waals surface area contributed by atoms with Gasteiger partial charge in [0.1, 0.15) is 5.69 Å². The lowest BCUT2D eigenvalue weighted by Crippen LogP contribution is -2.19. The molecule has 4 N–H and O–H groups in total. The molecule has 0 fully saturated rings. The second-order valence-electron chi connectivity index (χ2n) is 3.32. The van der Waals surface area contributed by atoms with Crippen LogP contribution >= 0.6 is 0 Å². The molecule has 0 aromatic carbocycles. The molecule has 0 radical (unpaired) electrons. The van der Waals surface area contributed by atoms with Gasteiger partial charge in [0.2, 0.25) is 5.56 Å². The second kappa shape index (κ2) is 4.48. The maximum atomic E-state index is 11.7. The third-order valence-corrected chi connectivity index (χ3v) is 2.08.